The molecule has 596 valence electrons. The van der Waals surface area contributed by atoms with Gasteiger partial charge in [0.25, 0.3) is 23.6 Å². The Labute approximate surface area is 667 Å². The van der Waals surface area contributed by atoms with Crippen LogP contribution in [0, 0.1) is 23.3 Å². The van der Waals surface area contributed by atoms with Crippen molar-refractivity contribution in [3.05, 3.63) is 260 Å². The molecular weight excluding hydrogens is 1550 g/mol. The quantitative estimate of drug-likeness (QED) is 0.0287. The average molecular weight is 1620 g/mol. The number of nitrogens with zero attached hydrogens (tertiary/aromatic N) is 8. The lowest BCUT2D eigenvalue weighted by Crippen LogP contribution is -2.28. The number of aliphatic hydroxyl groups is 1. The Kier molecular flexibility index (Phi) is 24.3. The second-order valence-electron chi connectivity index (χ2n) is 26.4. The van der Waals surface area contributed by atoms with Crippen LogP contribution in [-0.2, 0) is 45.2 Å². The summed E-state index contributed by atoms with van der Waals surface area (Å²) in [5, 5.41) is 64.0. The standard InChI is InChI=1S/C23H21FN2O5S.C22H19FN2O5S.C20H17FN2O4.C19H15FN2O4/c1-30-16(27)9-11-32-23-18-17(20(28)19-15(21(18)31-2)4-3-10-25-19)22(29)26(23)12-13-5-7-14(24)8-6-13;1-30-20-14-3-2-9-24-18(14)19(28)16-17(20)22(31-10-8-15(26)27)25(21(16)29)11-12-4-6-13(23)7-5-12;1-26-18-13-4-3-9-22-16(13)17(24)14-15(18)20(27-2)23(19(14)25)10-11-5-7-12(21)8-6-11;1-26-17-12-3-2-8-21-15(12)16(23)13-14(17)19(25)22(18(13)24)9-10-4-6-11(20)7-5-10/h3-8,10,23,28H,9,11-12H2,1-2H3;2-7,9,22,28H,8,10-11H2,1H3,(H,26,27);3-9,20,24H,10H2,1-2H3;2-8,19,23,25H,9H2,1H3. The van der Waals surface area contributed by atoms with Crippen LogP contribution in [0.4, 0.5) is 17.6 Å². The molecule has 0 spiro atoms. The van der Waals surface area contributed by atoms with Crippen LogP contribution < -0.4 is 18.9 Å². The molecule has 4 atom stereocenters. The first-order chi connectivity index (χ1) is 56.0. The van der Waals surface area contributed by atoms with Gasteiger partial charge in [0, 0.05) is 102 Å². The summed E-state index contributed by atoms with van der Waals surface area (Å²) in [4.78, 5) is 98.0. The van der Waals surface area contributed by atoms with Crippen molar-refractivity contribution in [2.45, 2.75) is 62.2 Å². The van der Waals surface area contributed by atoms with Crippen molar-refractivity contribution < 1.29 is 105 Å². The number of esters is 1. The van der Waals surface area contributed by atoms with Crippen LogP contribution >= 0.6 is 23.5 Å². The van der Waals surface area contributed by atoms with Crippen LogP contribution in [0.2, 0.25) is 0 Å². The van der Waals surface area contributed by atoms with Crippen molar-refractivity contribution in [2.75, 3.05) is 54.2 Å². The van der Waals surface area contributed by atoms with Gasteiger partial charge in [-0.2, -0.15) is 0 Å². The Hall–Kier alpha value is -13.0. The van der Waals surface area contributed by atoms with E-state index in [1.165, 1.54) is 166 Å². The number of methoxy groups -OCH3 is 6. The number of carbonyl (C=O) groups is 6. The minimum absolute atomic E-state index is 0.0253. The van der Waals surface area contributed by atoms with Crippen LogP contribution in [0.1, 0.15) is 122 Å². The van der Waals surface area contributed by atoms with E-state index in [0.717, 1.165) is 11.1 Å². The summed E-state index contributed by atoms with van der Waals surface area (Å²) < 4.78 is 85.6. The predicted molar refractivity (Wildman–Crippen MR) is 419 cm³/mol. The number of phenolic OH excluding ortho intramolecular Hbond substituents is 4. The summed E-state index contributed by atoms with van der Waals surface area (Å²) >= 11 is 2.64. The number of aliphatic hydroxyl groups excluding tert-OH is 1. The molecule has 4 unspecified atom stereocenters. The summed E-state index contributed by atoms with van der Waals surface area (Å²) in [7, 11) is 8.71. The number of phenols is 4. The maximum Gasteiger partial charge on any atom is 0.306 e. The Morgan fingerprint density at radius 3 is 1.01 bits per heavy atom. The molecule has 32 heteroatoms. The van der Waals surface area contributed by atoms with Crippen LogP contribution in [0.25, 0.3) is 43.6 Å². The number of halogens is 4. The zero-order valence-corrected chi connectivity index (χ0v) is 64.3. The number of carboxylic acids is 1. The largest absolute Gasteiger partial charge is 0.505 e. The summed E-state index contributed by atoms with van der Waals surface area (Å²) in [6.07, 6.45) is 4.12. The van der Waals surface area contributed by atoms with Gasteiger partial charge in [-0.05, 0) is 119 Å². The number of fused-ring (bicyclic) bond motifs is 8. The van der Waals surface area contributed by atoms with E-state index >= 15 is 0 Å². The van der Waals surface area contributed by atoms with Gasteiger partial charge in [0.05, 0.1) is 81.8 Å². The van der Waals surface area contributed by atoms with Crippen LogP contribution in [0.3, 0.4) is 0 Å². The van der Waals surface area contributed by atoms with Crippen molar-refractivity contribution in [3.8, 4) is 46.0 Å². The number of rotatable bonds is 21. The molecule has 4 aliphatic rings. The first-order valence-corrected chi connectivity index (χ1v) is 37.7. The number of ether oxygens (including phenoxy) is 6. The highest BCUT2D eigenvalue weighted by Gasteiger charge is 2.48. The SMILES string of the molecule is COC(=O)CCSC1c2c(c(O)c3ncccc3c2OC)C(=O)N1Cc1ccc(F)cc1.COc1c2c(c(O)c3ncccc13)C(=O)N(Cc1ccc(F)cc1)C2O.COc1c2c(c(O)c3ncccc13)C(=O)N(Cc1ccc(F)cc1)C2OC.COc1c2c(c(O)c3ncccc13)C(=O)N(Cc1ccc(F)cc1)C2SCCC(=O)O. The van der Waals surface area contributed by atoms with Gasteiger partial charge in [0.15, 0.2) is 35.5 Å². The summed E-state index contributed by atoms with van der Waals surface area (Å²) in [5.41, 5.74) is 5.87. The number of pyridine rings is 4. The summed E-state index contributed by atoms with van der Waals surface area (Å²) in [5.74, 6) is -3.24. The molecule has 0 fully saturated rings. The monoisotopic (exact) mass is 1620 g/mol. The fraction of sp³-hybridized carbons (Fsp3) is 0.214. The normalized spacial score (nSPS) is 15.6. The second kappa shape index (κ2) is 34.7. The number of aromatic nitrogens is 4. The summed E-state index contributed by atoms with van der Waals surface area (Å²) in [6, 6.07) is 37.0. The first-order valence-electron chi connectivity index (χ1n) is 35.6. The number of benzene rings is 8. The van der Waals surface area contributed by atoms with E-state index in [1.807, 2.05) is 0 Å². The molecule has 0 saturated carbocycles. The molecule has 8 heterocycles. The Bertz CT molecular complexity index is 5830. The fourth-order valence-electron chi connectivity index (χ4n) is 14.4. The lowest BCUT2D eigenvalue weighted by Gasteiger charge is -2.25. The molecule has 12 aromatic rings. The second-order valence-corrected chi connectivity index (χ2v) is 28.8. The average Bonchev–Trinajstić information content (AvgIpc) is 1.60. The Morgan fingerprint density at radius 2 is 0.681 bits per heavy atom. The van der Waals surface area contributed by atoms with Gasteiger partial charge in [-0.15, -0.1) is 23.5 Å². The molecule has 8 aromatic carbocycles. The topological polar surface area (TPSA) is 344 Å². The number of hydrogen-bond acceptors (Lipinski definition) is 23. The maximum absolute atomic E-state index is 13.5. The van der Waals surface area contributed by atoms with E-state index in [-0.39, 0.29) is 147 Å². The summed E-state index contributed by atoms with van der Waals surface area (Å²) in [6.45, 7) is 0.598. The zero-order valence-electron chi connectivity index (χ0n) is 62.6. The minimum atomic E-state index is -1.30. The van der Waals surface area contributed by atoms with Gasteiger partial charge < -0.3 is 78.7 Å². The fourth-order valence-corrected chi connectivity index (χ4v) is 16.9. The van der Waals surface area contributed by atoms with E-state index < -0.39 is 46.9 Å². The van der Waals surface area contributed by atoms with E-state index in [0.29, 0.717) is 83.6 Å². The van der Waals surface area contributed by atoms with Crippen molar-refractivity contribution in [1.29, 1.82) is 0 Å². The third-order valence-corrected chi connectivity index (χ3v) is 22.1. The highest BCUT2D eigenvalue weighted by atomic mass is 32.2. The zero-order chi connectivity index (χ0) is 82.5. The molecule has 4 aromatic heterocycles. The molecular formula is C84H72F4N8O18S2. The van der Waals surface area contributed by atoms with Gasteiger partial charge in [-0.25, -0.2) is 17.6 Å². The molecule has 0 bridgehead atoms. The van der Waals surface area contributed by atoms with E-state index in [4.69, 9.17) is 33.5 Å². The molecule has 4 amide bonds. The minimum Gasteiger partial charge on any atom is -0.505 e. The Balaban J connectivity index is 0.000000135. The molecule has 16 rings (SSSR count). The number of thioether (sulfide) groups is 2. The highest BCUT2D eigenvalue weighted by molar-refractivity contribution is 7.99. The molecule has 4 aliphatic heterocycles. The van der Waals surface area contributed by atoms with Gasteiger partial charge in [-0.3, -0.25) is 48.7 Å². The lowest BCUT2D eigenvalue weighted by atomic mass is 10.0. The van der Waals surface area contributed by atoms with E-state index in [2.05, 4.69) is 19.9 Å². The smallest absolute Gasteiger partial charge is 0.306 e. The van der Waals surface area contributed by atoms with E-state index in [1.54, 1.807) is 89.8 Å². The Morgan fingerprint density at radius 1 is 0.397 bits per heavy atom. The van der Waals surface area contributed by atoms with Crippen LogP contribution in [0.5, 0.6) is 46.0 Å². The first kappa shape index (κ1) is 81.0. The van der Waals surface area contributed by atoms with Crippen molar-refractivity contribution in [1.82, 2.24) is 39.5 Å². The van der Waals surface area contributed by atoms with Crippen molar-refractivity contribution in [3.63, 3.8) is 0 Å². The number of amides is 4. The van der Waals surface area contributed by atoms with Gasteiger partial charge in [0.1, 0.15) is 79.1 Å². The lowest BCUT2D eigenvalue weighted by molar-refractivity contribution is -0.140. The highest BCUT2D eigenvalue weighted by Crippen LogP contribution is 2.56. The number of carboxylic acid groups (broad SMARTS) is 1. The van der Waals surface area contributed by atoms with Crippen molar-refractivity contribution >= 4 is 103 Å². The predicted octanol–water partition coefficient (Wildman–Crippen LogP) is 14.1. The number of aromatic hydroxyl groups is 4. The van der Waals surface area contributed by atoms with Crippen LogP contribution in [-0.4, -0.2) is 160 Å². The van der Waals surface area contributed by atoms with E-state index in [9.17, 15) is 71.9 Å². The van der Waals surface area contributed by atoms with Crippen molar-refractivity contribution in [2.24, 2.45) is 0 Å². The van der Waals surface area contributed by atoms with Gasteiger partial charge in [0.2, 0.25) is 0 Å². The molecule has 0 aliphatic carbocycles. The molecule has 116 heavy (non-hydrogen) atoms. The molecule has 0 saturated heterocycles. The molecule has 6 N–H and O–H groups in total. The number of carbonyl (C=O) groups excluding carboxylic acids is 5. The van der Waals surface area contributed by atoms with Crippen LogP contribution in [0.15, 0.2) is 170 Å². The maximum atomic E-state index is 13.5. The third kappa shape index (κ3) is 15.5. The van der Waals surface area contributed by atoms with Gasteiger partial charge >= 0.3 is 11.9 Å². The number of aliphatic carboxylic acids is 1. The molecule has 26 nitrogen and oxygen atoms in total. The third-order valence-electron chi connectivity index (χ3n) is 19.7. The molecule has 0 radical (unpaired) electrons. The van der Waals surface area contributed by atoms with Gasteiger partial charge in [-0.1, -0.05) is 48.5 Å². The number of hydrogen-bond donors (Lipinski definition) is 6.